The van der Waals surface area contributed by atoms with Crippen LogP contribution in [0.3, 0.4) is 0 Å². The third kappa shape index (κ3) is 5.00. The van der Waals surface area contributed by atoms with E-state index in [1.165, 1.54) is 0 Å². The number of hydrogen-bond donors (Lipinski definition) is 3. The number of amides is 1. The molecule has 0 heterocycles. The number of benzene rings is 1. The lowest BCUT2D eigenvalue weighted by Crippen LogP contribution is -2.54. The van der Waals surface area contributed by atoms with Crippen LogP contribution >= 0.6 is 11.6 Å². The van der Waals surface area contributed by atoms with E-state index < -0.39 is 5.54 Å². The second-order valence-electron chi connectivity index (χ2n) is 4.55. The summed E-state index contributed by atoms with van der Waals surface area (Å²) in [5, 5.41) is 21.7. The van der Waals surface area contributed by atoms with Crippen LogP contribution < -0.4 is 10.1 Å². The molecule has 0 fully saturated rings. The van der Waals surface area contributed by atoms with E-state index in [9.17, 15) is 15.0 Å². The molecule has 0 aliphatic carbocycles. The molecular weight excluding hydrogens is 282 g/mol. The zero-order valence-electron chi connectivity index (χ0n) is 11.4. The lowest BCUT2D eigenvalue weighted by Gasteiger charge is -2.29. The standard InChI is InChI=1S/C14H20ClNO4/c1-2-14(9-17,10-18)16-13(19)6-7-20-12-5-3-4-11(15)8-12/h3-5,8,17-18H,2,6-7,9-10H2,1H3,(H,16,19). The highest BCUT2D eigenvalue weighted by molar-refractivity contribution is 6.30. The summed E-state index contributed by atoms with van der Waals surface area (Å²) in [4.78, 5) is 11.8. The van der Waals surface area contributed by atoms with E-state index in [0.29, 0.717) is 17.2 Å². The number of carbonyl (C=O) groups excluding carboxylic acids is 1. The quantitative estimate of drug-likeness (QED) is 0.677. The first-order chi connectivity index (χ1) is 9.55. The molecule has 0 spiro atoms. The Bertz CT molecular complexity index is 427. The highest BCUT2D eigenvalue weighted by Crippen LogP contribution is 2.17. The van der Waals surface area contributed by atoms with E-state index in [1.807, 2.05) is 0 Å². The maximum Gasteiger partial charge on any atom is 0.224 e. The molecule has 0 unspecified atom stereocenters. The van der Waals surface area contributed by atoms with Crippen LogP contribution in [0.2, 0.25) is 5.02 Å². The zero-order valence-corrected chi connectivity index (χ0v) is 12.2. The molecule has 0 aromatic heterocycles. The second-order valence-corrected chi connectivity index (χ2v) is 4.99. The number of carbonyl (C=O) groups is 1. The molecule has 0 radical (unpaired) electrons. The SMILES string of the molecule is CCC(CO)(CO)NC(=O)CCOc1cccc(Cl)c1. The topological polar surface area (TPSA) is 78.8 Å². The number of rotatable bonds is 8. The van der Waals surface area contributed by atoms with Crippen LogP contribution in [0, 0.1) is 0 Å². The average Bonchev–Trinajstić information content (AvgIpc) is 2.45. The van der Waals surface area contributed by atoms with Gasteiger partial charge in [-0.05, 0) is 24.6 Å². The van der Waals surface area contributed by atoms with Gasteiger partial charge in [0, 0.05) is 5.02 Å². The smallest absolute Gasteiger partial charge is 0.224 e. The Labute approximate surface area is 123 Å². The van der Waals surface area contributed by atoms with Gasteiger partial charge in [-0.25, -0.2) is 0 Å². The molecule has 0 saturated carbocycles. The Hall–Kier alpha value is -1.30. The summed E-state index contributed by atoms with van der Waals surface area (Å²) in [5.74, 6) is 0.313. The van der Waals surface area contributed by atoms with E-state index in [2.05, 4.69) is 5.32 Å². The van der Waals surface area contributed by atoms with Crippen molar-refractivity contribution >= 4 is 17.5 Å². The Balaban J connectivity index is 2.40. The lowest BCUT2D eigenvalue weighted by atomic mass is 9.98. The van der Waals surface area contributed by atoms with Gasteiger partial charge in [0.05, 0.1) is 31.8 Å². The Morgan fingerprint density at radius 2 is 2.10 bits per heavy atom. The predicted octanol–water partition coefficient (Wildman–Crippen LogP) is 1.36. The fourth-order valence-corrected chi connectivity index (χ4v) is 1.80. The molecule has 3 N–H and O–H groups in total. The van der Waals surface area contributed by atoms with Crippen molar-refractivity contribution in [2.24, 2.45) is 0 Å². The lowest BCUT2D eigenvalue weighted by molar-refractivity contribution is -0.125. The van der Waals surface area contributed by atoms with Crippen molar-refractivity contribution in [2.75, 3.05) is 19.8 Å². The predicted molar refractivity (Wildman–Crippen MR) is 76.9 cm³/mol. The van der Waals surface area contributed by atoms with Gasteiger partial charge in [0.25, 0.3) is 0 Å². The first-order valence-electron chi connectivity index (χ1n) is 6.46. The second kappa shape index (κ2) is 8.09. The Morgan fingerprint density at radius 1 is 1.40 bits per heavy atom. The molecule has 1 aromatic rings. The van der Waals surface area contributed by atoms with E-state index in [-0.39, 0.29) is 32.1 Å². The van der Waals surface area contributed by atoms with Gasteiger partial charge in [0.15, 0.2) is 0 Å². The van der Waals surface area contributed by atoms with Crippen molar-refractivity contribution in [3.63, 3.8) is 0 Å². The van der Waals surface area contributed by atoms with Gasteiger partial charge < -0.3 is 20.3 Å². The van der Waals surface area contributed by atoms with E-state index in [4.69, 9.17) is 16.3 Å². The van der Waals surface area contributed by atoms with E-state index in [0.717, 1.165) is 0 Å². The van der Waals surface area contributed by atoms with Gasteiger partial charge in [-0.1, -0.05) is 24.6 Å². The first kappa shape index (κ1) is 16.8. The van der Waals surface area contributed by atoms with Gasteiger partial charge >= 0.3 is 0 Å². The van der Waals surface area contributed by atoms with Crippen LogP contribution in [0.15, 0.2) is 24.3 Å². The molecule has 0 saturated heterocycles. The summed E-state index contributed by atoms with van der Waals surface area (Å²) < 4.78 is 5.40. The van der Waals surface area contributed by atoms with E-state index >= 15 is 0 Å². The molecule has 5 nitrogen and oxygen atoms in total. The van der Waals surface area contributed by atoms with Crippen LogP contribution in [0.4, 0.5) is 0 Å². The van der Waals surface area contributed by atoms with Crippen molar-refractivity contribution in [1.29, 1.82) is 0 Å². The van der Waals surface area contributed by atoms with Crippen molar-refractivity contribution in [3.8, 4) is 5.75 Å². The molecular formula is C14H20ClNO4. The summed E-state index contributed by atoms with van der Waals surface area (Å²) in [6, 6.07) is 6.91. The van der Waals surface area contributed by atoms with Gasteiger partial charge in [-0.3, -0.25) is 4.79 Å². The number of halogens is 1. The van der Waals surface area contributed by atoms with Gasteiger partial charge in [-0.15, -0.1) is 0 Å². The molecule has 1 aromatic carbocycles. The third-order valence-corrected chi connectivity index (χ3v) is 3.32. The molecule has 1 amide bonds. The van der Waals surface area contributed by atoms with E-state index in [1.54, 1.807) is 31.2 Å². The minimum Gasteiger partial charge on any atom is -0.493 e. The highest BCUT2D eigenvalue weighted by Gasteiger charge is 2.28. The highest BCUT2D eigenvalue weighted by atomic mass is 35.5. The van der Waals surface area contributed by atoms with Crippen LogP contribution in [-0.4, -0.2) is 41.5 Å². The van der Waals surface area contributed by atoms with Crippen molar-refractivity contribution in [1.82, 2.24) is 5.32 Å². The monoisotopic (exact) mass is 301 g/mol. The molecule has 0 atom stereocenters. The number of aliphatic hydroxyl groups excluding tert-OH is 2. The number of nitrogens with one attached hydrogen (secondary N) is 1. The molecule has 1 rings (SSSR count). The van der Waals surface area contributed by atoms with Crippen molar-refractivity contribution < 1.29 is 19.7 Å². The summed E-state index contributed by atoms with van der Waals surface area (Å²) in [6.07, 6.45) is 0.579. The fourth-order valence-electron chi connectivity index (χ4n) is 1.62. The average molecular weight is 302 g/mol. The van der Waals surface area contributed by atoms with Gasteiger partial charge in [0.1, 0.15) is 5.75 Å². The normalized spacial score (nSPS) is 11.2. The molecule has 0 aliphatic rings. The first-order valence-corrected chi connectivity index (χ1v) is 6.84. The molecule has 20 heavy (non-hydrogen) atoms. The summed E-state index contributed by atoms with van der Waals surface area (Å²) in [6.45, 7) is 1.37. The molecule has 6 heteroatoms. The maximum atomic E-state index is 11.8. The van der Waals surface area contributed by atoms with Crippen molar-refractivity contribution in [2.45, 2.75) is 25.3 Å². The van der Waals surface area contributed by atoms with Crippen molar-refractivity contribution in [3.05, 3.63) is 29.3 Å². The zero-order chi connectivity index (χ0) is 15.0. The Kier molecular flexibility index (Phi) is 6.78. The van der Waals surface area contributed by atoms with Gasteiger partial charge in [-0.2, -0.15) is 0 Å². The fraction of sp³-hybridized carbons (Fsp3) is 0.500. The Morgan fingerprint density at radius 3 is 2.65 bits per heavy atom. The van der Waals surface area contributed by atoms with Crippen LogP contribution in [0.1, 0.15) is 19.8 Å². The molecule has 0 bridgehead atoms. The minimum atomic E-state index is -0.965. The van der Waals surface area contributed by atoms with Crippen LogP contribution in [-0.2, 0) is 4.79 Å². The summed E-state index contributed by atoms with van der Waals surface area (Å²) in [7, 11) is 0. The number of hydrogen-bond acceptors (Lipinski definition) is 4. The third-order valence-electron chi connectivity index (χ3n) is 3.08. The van der Waals surface area contributed by atoms with Crippen LogP contribution in [0.5, 0.6) is 5.75 Å². The molecule has 0 aliphatic heterocycles. The maximum absolute atomic E-state index is 11.8. The number of ether oxygens (including phenoxy) is 1. The minimum absolute atomic E-state index is 0.133. The largest absolute Gasteiger partial charge is 0.493 e. The summed E-state index contributed by atoms with van der Waals surface area (Å²) >= 11 is 5.81. The molecule has 112 valence electrons. The van der Waals surface area contributed by atoms with Gasteiger partial charge in [0.2, 0.25) is 5.91 Å². The number of aliphatic hydroxyl groups is 2. The summed E-state index contributed by atoms with van der Waals surface area (Å²) in [5.41, 5.74) is -0.965. The van der Waals surface area contributed by atoms with Crippen LogP contribution in [0.25, 0.3) is 0 Å².